The molecule has 0 aliphatic rings. The monoisotopic (exact) mass is 360 g/mol. The number of Topliss-reactive ketones (excluding diaryl/α,β-unsaturated/α-hetero) is 1. The standard InChI is InChI=1S/C15H11Cl2FO3S/c16-10-2-1-3-11(18)9(10)8-21-15(20)7-4-12(19)13-5-6-14(17)22-13/h1-3,5-6H,4,7-8H2. The Bertz CT molecular complexity index is 680. The van der Waals surface area contributed by atoms with Crippen molar-refractivity contribution in [1.29, 1.82) is 0 Å². The number of thiophene rings is 1. The molecule has 116 valence electrons. The van der Waals surface area contributed by atoms with Crippen LogP contribution in [0.3, 0.4) is 0 Å². The van der Waals surface area contributed by atoms with Gasteiger partial charge >= 0.3 is 5.97 Å². The van der Waals surface area contributed by atoms with Crippen LogP contribution in [-0.2, 0) is 16.1 Å². The average molecular weight is 361 g/mol. The largest absolute Gasteiger partial charge is 0.461 e. The smallest absolute Gasteiger partial charge is 0.306 e. The van der Waals surface area contributed by atoms with Gasteiger partial charge in [0.1, 0.15) is 12.4 Å². The van der Waals surface area contributed by atoms with Gasteiger partial charge < -0.3 is 4.74 Å². The van der Waals surface area contributed by atoms with Crippen LogP contribution in [0.5, 0.6) is 0 Å². The second kappa shape index (κ2) is 7.72. The fraction of sp³-hybridized carbons (Fsp3) is 0.200. The van der Waals surface area contributed by atoms with E-state index in [1.807, 2.05) is 0 Å². The Labute approximate surface area is 140 Å². The number of carbonyl (C=O) groups excluding carboxylic acids is 2. The average Bonchev–Trinajstić information content (AvgIpc) is 2.91. The summed E-state index contributed by atoms with van der Waals surface area (Å²) in [5.74, 6) is -1.31. The Morgan fingerprint density at radius 3 is 2.55 bits per heavy atom. The minimum Gasteiger partial charge on any atom is -0.461 e. The fourth-order valence-corrected chi connectivity index (χ4v) is 2.93. The van der Waals surface area contributed by atoms with Crippen LogP contribution in [0, 0.1) is 5.82 Å². The molecule has 3 nitrogen and oxygen atoms in total. The van der Waals surface area contributed by atoms with Crippen molar-refractivity contribution in [2.24, 2.45) is 0 Å². The molecule has 1 aromatic heterocycles. The van der Waals surface area contributed by atoms with E-state index in [2.05, 4.69) is 0 Å². The number of carbonyl (C=O) groups is 2. The molecule has 1 heterocycles. The summed E-state index contributed by atoms with van der Waals surface area (Å²) in [5.41, 5.74) is 0.119. The third-order valence-corrected chi connectivity index (χ3v) is 4.47. The molecule has 1 aromatic carbocycles. The second-order valence-corrected chi connectivity index (χ2v) is 6.51. The predicted octanol–water partition coefficient (Wildman–Crippen LogP) is 4.90. The number of hydrogen-bond acceptors (Lipinski definition) is 4. The van der Waals surface area contributed by atoms with Gasteiger partial charge in [0.05, 0.1) is 20.7 Å². The maximum Gasteiger partial charge on any atom is 0.306 e. The third-order valence-electron chi connectivity index (χ3n) is 2.84. The molecular formula is C15H11Cl2FO3S. The first-order chi connectivity index (χ1) is 10.5. The topological polar surface area (TPSA) is 43.4 Å². The molecule has 2 rings (SSSR count). The molecule has 0 saturated heterocycles. The molecule has 0 saturated carbocycles. The van der Waals surface area contributed by atoms with E-state index in [9.17, 15) is 14.0 Å². The summed E-state index contributed by atoms with van der Waals surface area (Å²) >= 11 is 12.7. The minimum atomic E-state index is -0.588. The van der Waals surface area contributed by atoms with Crippen molar-refractivity contribution >= 4 is 46.3 Å². The van der Waals surface area contributed by atoms with Crippen LogP contribution in [0.15, 0.2) is 30.3 Å². The van der Waals surface area contributed by atoms with Crippen LogP contribution >= 0.6 is 34.5 Å². The first kappa shape index (κ1) is 16.9. The predicted molar refractivity (Wildman–Crippen MR) is 84.1 cm³/mol. The zero-order valence-corrected chi connectivity index (χ0v) is 13.6. The van der Waals surface area contributed by atoms with Crippen molar-refractivity contribution in [2.75, 3.05) is 0 Å². The maximum atomic E-state index is 13.5. The Hall–Kier alpha value is -1.43. The normalized spacial score (nSPS) is 10.5. The highest BCUT2D eigenvalue weighted by atomic mass is 35.5. The summed E-state index contributed by atoms with van der Waals surface area (Å²) in [4.78, 5) is 23.9. The van der Waals surface area contributed by atoms with E-state index in [4.69, 9.17) is 27.9 Å². The second-order valence-electron chi connectivity index (χ2n) is 4.39. The summed E-state index contributed by atoms with van der Waals surface area (Å²) in [6.07, 6.45) is -0.0683. The van der Waals surface area contributed by atoms with Crippen molar-refractivity contribution in [3.63, 3.8) is 0 Å². The van der Waals surface area contributed by atoms with Gasteiger partial charge in [-0.2, -0.15) is 0 Å². The molecule has 0 aliphatic carbocycles. The first-order valence-corrected chi connectivity index (χ1v) is 7.91. The molecule has 0 N–H and O–H groups in total. The Kier molecular flexibility index (Phi) is 5.94. The minimum absolute atomic E-state index is 0.0146. The van der Waals surface area contributed by atoms with Crippen LogP contribution < -0.4 is 0 Å². The number of hydrogen-bond donors (Lipinski definition) is 0. The molecule has 0 aliphatic heterocycles. The summed E-state index contributed by atoms with van der Waals surface area (Å²) in [7, 11) is 0. The van der Waals surface area contributed by atoms with Gasteiger partial charge in [0, 0.05) is 12.0 Å². The van der Waals surface area contributed by atoms with E-state index in [0.717, 1.165) is 11.3 Å². The van der Waals surface area contributed by atoms with E-state index in [-0.39, 0.29) is 35.8 Å². The highest BCUT2D eigenvalue weighted by Crippen LogP contribution is 2.23. The molecule has 0 radical (unpaired) electrons. The van der Waals surface area contributed by atoms with Gasteiger partial charge in [-0.3, -0.25) is 9.59 Å². The number of esters is 1. The molecule has 7 heteroatoms. The van der Waals surface area contributed by atoms with Gasteiger partial charge in [0.25, 0.3) is 0 Å². The van der Waals surface area contributed by atoms with Crippen LogP contribution in [0.4, 0.5) is 4.39 Å². The zero-order chi connectivity index (χ0) is 16.1. The Balaban J connectivity index is 1.82. The van der Waals surface area contributed by atoms with E-state index >= 15 is 0 Å². The number of benzene rings is 1. The van der Waals surface area contributed by atoms with Crippen molar-refractivity contribution in [3.05, 3.63) is 55.9 Å². The lowest BCUT2D eigenvalue weighted by Crippen LogP contribution is -2.08. The summed E-state index contributed by atoms with van der Waals surface area (Å²) in [6.45, 7) is -0.261. The molecule has 0 atom stereocenters. The van der Waals surface area contributed by atoms with Crippen LogP contribution in [0.25, 0.3) is 0 Å². The number of ether oxygens (including phenoxy) is 1. The lowest BCUT2D eigenvalue weighted by Gasteiger charge is -2.07. The Morgan fingerprint density at radius 1 is 1.14 bits per heavy atom. The maximum absolute atomic E-state index is 13.5. The lowest BCUT2D eigenvalue weighted by molar-refractivity contribution is -0.144. The number of ketones is 1. The van der Waals surface area contributed by atoms with Gasteiger partial charge in [0.2, 0.25) is 0 Å². The van der Waals surface area contributed by atoms with Crippen molar-refractivity contribution in [3.8, 4) is 0 Å². The number of rotatable bonds is 6. The van der Waals surface area contributed by atoms with Gasteiger partial charge in [-0.15, -0.1) is 11.3 Å². The third kappa shape index (κ3) is 4.53. The van der Waals surface area contributed by atoms with E-state index in [0.29, 0.717) is 9.21 Å². The van der Waals surface area contributed by atoms with Crippen molar-refractivity contribution < 1.29 is 18.7 Å². The Morgan fingerprint density at radius 2 is 1.91 bits per heavy atom. The van der Waals surface area contributed by atoms with E-state index < -0.39 is 11.8 Å². The molecule has 0 amide bonds. The SMILES string of the molecule is O=C(CCC(=O)c1ccc(Cl)s1)OCc1c(F)cccc1Cl. The highest BCUT2D eigenvalue weighted by Gasteiger charge is 2.14. The summed E-state index contributed by atoms with van der Waals surface area (Å²) in [5, 5.41) is 0.192. The van der Waals surface area contributed by atoms with E-state index in [1.54, 1.807) is 12.1 Å². The first-order valence-electron chi connectivity index (χ1n) is 6.34. The van der Waals surface area contributed by atoms with E-state index in [1.165, 1.54) is 18.2 Å². The molecular weight excluding hydrogens is 350 g/mol. The molecule has 2 aromatic rings. The van der Waals surface area contributed by atoms with Crippen LogP contribution in [-0.4, -0.2) is 11.8 Å². The van der Waals surface area contributed by atoms with Crippen molar-refractivity contribution in [2.45, 2.75) is 19.4 Å². The molecule has 22 heavy (non-hydrogen) atoms. The van der Waals surface area contributed by atoms with Gasteiger partial charge in [-0.25, -0.2) is 4.39 Å². The molecule has 0 unspecified atom stereocenters. The lowest BCUT2D eigenvalue weighted by atomic mass is 10.2. The van der Waals surface area contributed by atoms with Gasteiger partial charge in [-0.1, -0.05) is 29.3 Å². The van der Waals surface area contributed by atoms with Gasteiger partial charge in [0.15, 0.2) is 5.78 Å². The quantitative estimate of drug-likeness (QED) is 0.543. The van der Waals surface area contributed by atoms with Gasteiger partial charge in [-0.05, 0) is 24.3 Å². The number of halogens is 3. The summed E-state index contributed by atoms with van der Waals surface area (Å²) in [6, 6.07) is 7.45. The van der Waals surface area contributed by atoms with Crippen LogP contribution in [0.2, 0.25) is 9.36 Å². The summed E-state index contributed by atoms with van der Waals surface area (Å²) < 4.78 is 19.0. The molecule has 0 bridgehead atoms. The van der Waals surface area contributed by atoms with Crippen LogP contribution in [0.1, 0.15) is 28.1 Å². The molecule has 0 fully saturated rings. The highest BCUT2D eigenvalue weighted by molar-refractivity contribution is 7.18. The fourth-order valence-electron chi connectivity index (χ4n) is 1.70. The zero-order valence-electron chi connectivity index (χ0n) is 11.3. The van der Waals surface area contributed by atoms with Crippen molar-refractivity contribution in [1.82, 2.24) is 0 Å². The molecule has 0 spiro atoms.